The summed E-state index contributed by atoms with van der Waals surface area (Å²) in [5.74, 6) is 0. The lowest BCUT2D eigenvalue weighted by atomic mass is 10.1. The average Bonchev–Trinajstić information content (AvgIpc) is 3.12. The van der Waals surface area contributed by atoms with Crippen LogP contribution < -0.4 is 4.72 Å². The van der Waals surface area contributed by atoms with Crippen LogP contribution in [0.2, 0.25) is 0 Å². The smallest absolute Gasteiger partial charge is 0.243 e. The summed E-state index contributed by atoms with van der Waals surface area (Å²) < 4.78 is 36.7. The van der Waals surface area contributed by atoms with E-state index in [4.69, 9.17) is 0 Å². The van der Waals surface area contributed by atoms with Gasteiger partial charge in [-0.05, 0) is 30.5 Å². The van der Waals surface area contributed by atoms with Gasteiger partial charge in [0, 0.05) is 25.7 Å². The Balaban J connectivity index is 1.40. The quantitative estimate of drug-likeness (QED) is 0.727. The van der Waals surface area contributed by atoms with Gasteiger partial charge in [-0.25, -0.2) is 13.1 Å². The first-order valence-corrected chi connectivity index (χ1v) is 10.8. The van der Waals surface area contributed by atoms with Crippen molar-refractivity contribution in [3.63, 3.8) is 0 Å². The molecule has 2 aromatic carbocycles. The van der Waals surface area contributed by atoms with Crippen molar-refractivity contribution >= 4 is 32.8 Å². The van der Waals surface area contributed by atoms with E-state index in [1.165, 1.54) is 5.56 Å². The van der Waals surface area contributed by atoms with Crippen molar-refractivity contribution in [2.45, 2.75) is 30.3 Å². The molecule has 1 N–H and O–H groups in total. The van der Waals surface area contributed by atoms with Crippen LogP contribution in [-0.2, 0) is 16.6 Å². The second kappa shape index (κ2) is 7.40. The van der Waals surface area contributed by atoms with E-state index in [9.17, 15) is 8.42 Å². The molecule has 0 saturated carbocycles. The van der Waals surface area contributed by atoms with Crippen LogP contribution in [0.3, 0.4) is 0 Å². The molecule has 0 unspecified atom stereocenters. The van der Waals surface area contributed by atoms with Gasteiger partial charge in [0.25, 0.3) is 0 Å². The summed E-state index contributed by atoms with van der Waals surface area (Å²) in [6.45, 7) is 2.67. The number of hydrogen-bond acceptors (Lipinski definition) is 6. The Labute approximate surface area is 157 Å². The number of aromatic nitrogens is 2. The second-order valence-corrected chi connectivity index (χ2v) is 8.76. The zero-order chi connectivity index (χ0) is 18.0. The number of hydrogen-bond donors (Lipinski definition) is 1. The van der Waals surface area contributed by atoms with Gasteiger partial charge < -0.3 is 0 Å². The third-order valence-electron chi connectivity index (χ3n) is 4.70. The fourth-order valence-electron chi connectivity index (χ4n) is 3.33. The van der Waals surface area contributed by atoms with Gasteiger partial charge in [-0.2, -0.15) is 8.75 Å². The lowest BCUT2D eigenvalue weighted by molar-refractivity contribution is 0.200. The minimum atomic E-state index is -3.60. The number of nitrogens with one attached hydrogen (secondary N) is 1. The van der Waals surface area contributed by atoms with Crippen molar-refractivity contribution in [2.24, 2.45) is 0 Å². The molecule has 0 radical (unpaired) electrons. The molecule has 0 aliphatic carbocycles. The van der Waals surface area contributed by atoms with Gasteiger partial charge in [-0.3, -0.25) is 4.90 Å². The van der Waals surface area contributed by atoms with Crippen molar-refractivity contribution in [3.8, 4) is 0 Å². The largest absolute Gasteiger partial charge is 0.299 e. The summed E-state index contributed by atoms with van der Waals surface area (Å²) in [7, 11) is -3.60. The molecule has 8 heteroatoms. The van der Waals surface area contributed by atoms with Crippen LogP contribution in [0.15, 0.2) is 53.4 Å². The zero-order valence-corrected chi connectivity index (χ0v) is 15.8. The highest BCUT2D eigenvalue weighted by Gasteiger charge is 2.26. The van der Waals surface area contributed by atoms with Crippen molar-refractivity contribution < 1.29 is 8.42 Å². The van der Waals surface area contributed by atoms with E-state index < -0.39 is 10.0 Å². The van der Waals surface area contributed by atoms with Gasteiger partial charge in [0.1, 0.15) is 15.9 Å². The molecule has 4 rings (SSSR count). The molecule has 6 nitrogen and oxygen atoms in total. The topological polar surface area (TPSA) is 75.2 Å². The van der Waals surface area contributed by atoms with Crippen LogP contribution in [0.5, 0.6) is 0 Å². The molecule has 3 aromatic rings. The predicted molar refractivity (Wildman–Crippen MR) is 102 cm³/mol. The van der Waals surface area contributed by atoms with E-state index in [0.717, 1.165) is 44.2 Å². The molecule has 1 aromatic heterocycles. The number of sulfonamides is 1. The fraction of sp³-hybridized carbons (Fsp3) is 0.333. The van der Waals surface area contributed by atoms with E-state index in [-0.39, 0.29) is 10.9 Å². The van der Waals surface area contributed by atoms with Crippen LogP contribution in [0.1, 0.15) is 18.4 Å². The second-order valence-electron chi connectivity index (χ2n) is 6.55. The summed E-state index contributed by atoms with van der Waals surface area (Å²) in [6, 6.07) is 15.4. The molecule has 0 atom stereocenters. The summed E-state index contributed by atoms with van der Waals surface area (Å²) in [5, 5.41) is 0. The molecule has 2 heterocycles. The molecule has 1 saturated heterocycles. The van der Waals surface area contributed by atoms with E-state index in [1.54, 1.807) is 18.2 Å². The normalized spacial score (nSPS) is 16.9. The number of nitrogens with zero attached hydrogens (tertiary/aromatic N) is 3. The van der Waals surface area contributed by atoms with Gasteiger partial charge in [-0.1, -0.05) is 36.4 Å². The van der Waals surface area contributed by atoms with Crippen LogP contribution in [0, 0.1) is 0 Å². The van der Waals surface area contributed by atoms with Gasteiger partial charge >= 0.3 is 0 Å². The third-order valence-corrected chi connectivity index (χ3v) is 6.79. The van der Waals surface area contributed by atoms with Crippen molar-refractivity contribution in [3.05, 3.63) is 54.1 Å². The zero-order valence-electron chi connectivity index (χ0n) is 14.2. The molecule has 0 spiro atoms. The monoisotopic (exact) mass is 388 g/mol. The first kappa shape index (κ1) is 17.5. The van der Waals surface area contributed by atoms with E-state index >= 15 is 0 Å². The van der Waals surface area contributed by atoms with Crippen LogP contribution in [-0.4, -0.2) is 41.2 Å². The standard InChI is InChI=1S/C18H20N4O2S2/c23-26(24,17-8-4-7-16-18(17)20-25-19-16)21-15-9-11-22(12-10-15)13-14-5-2-1-3-6-14/h1-8,15,21H,9-13H2. The van der Waals surface area contributed by atoms with Gasteiger partial charge in [-0.15, -0.1) is 0 Å². The number of piperidine rings is 1. The van der Waals surface area contributed by atoms with Gasteiger partial charge in [0.2, 0.25) is 10.0 Å². The number of benzene rings is 2. The third kappa shape index (κ3) is 3.78. The molecular weight excluding hydrogens is 368 g/mol. The Hall–Kier alpha value is -1.87. The Bertz CT molecular complexity index is 981. The summed E-state index contributed by atoms with van der Waals surface area (Å²) in [4.78, 5) is 2.58. The highest BCUT2D eigenvalue weighted by molar-refractivity contribution is 7.89. The van der Waals surface area contributed by atoms with Gasteiger partial charge in [0.15, 0.2) is 0 Å². The summed E-state index contributed by atoms with van der Waals surface area (Å²) in [6.07, 6.45) is 1.61. The molecule has 1 fully saturated rings. The Morgan fingerprint density at radius 3 is 2.58 bits per heavy atom. The maximum Gasteiger partial charge on any atom is 0.243 e. The minimum absolute atomic E-state index is 0.0473. The Morgan fingerprint density at radius 1 is 1.04 bits per heavy atom. The molecule has 26 heavy (non-hydrogen) atoms. The number of likely N-dealkylation sites (tertiary alicyclic amines) is 1. The molecule has 1 aliphatic heterocycles. The Morgan fingerprint density at radius 2 is 1.81 bits per heavy atom. The minimum Gasteiger partial charge on any atom is -0.299 e. The predicted octanol–water partition coefficient (Wildman–Crippen LogP) is 2.63. The molecule has 0 amide bonds. The SMILES string of the molecule is O=S(=O)(NC1CCN(Cc2ccccc2)CC1)c1cccc2nsnc12. The first-order chi connectivity index (χ1) is 12.6. The van der Waals surface area contributed by atoms with Crippen molar-refractivity contribution in [2.75, 3.05) is 13.1 Å². The lowest BCUT2D eigenvalue weighted by Gasteiger charge is -2.32. The van der Waals surface area contributed by atoms with E-state index in [0.29, 0.717) is 11.0 Å². The van der Waals surface area contributed by atoms with E-state index in [2.05, 4.69) is 30.5 Å². The summed E-state index contributed by atoms with van der Waals surface area (Å²) in [5.41, 5.74) is 2.36. The Kier molecular flexibility index (Phi) is 4.99. The van der Waals surface area contributed by atoms with Crippen LogP contribution in [0.4, 0.5) is 0 Å². The molecule has 0 bridgehead atoms. The van der Waals surface area contributed by atoms with E-state index in [1.807, 2.05) is 18.2 Å². The summed E-state index contributed by atoms with van der Waals surface area (Å²) >= 11 is 1.03. The molecule has 136 valence electrons. The van der Waals surface area contributed by atoms with Crippen LogP contribution in [0.25, 0.3) is 11.0 Å². The molecular formula is C18H20N4O2S2. The lowest BCUT2D eigenvalue weighted by Crippen LogP contribution is -2.44. The number of rotatable bonds is 5. The van der Waals surface area contributed by atoms with Crippen molar-refractivity contribution in [1.82, 2.24) is 18.4 Å². The van der Waals surface area contributed by atoms with Crippen molar-refractivity contribution in [1.29, 1.82) is 0 Å². The van der Waals surface area contributed by atoms with Crippen LogP contribution >= 0.6 is 11.7 Å². The maximum absolute atomic E-state index is 12.8. The fourth-order valence-corrected chi connectivity index (χ4v) is 5.40. The molecule has 1 aliphatic rings. The highest BCUT2D eigenvalue weighted by Crippen LogP contribution is 2.22. The number of fused-ring (bicyclic) bond motifs is 1. The van der Waals surface area contributed by atoms with Gasteiger partial charge in [0.05, 0.1) is 11.7 Å². The highest BCUT2D eigenvalue weighted by atomic mass is 32.2. The maximum atomic E-state index is 12.8. The average molecular weight is 389 g/mol. The first-order valence-electron chi connectivity index (χ1n) is 8.62.